The molecule has 26 heavy (non-hydrogen) atoms. The molecule has 0 radical (unpaired) electrons. The molecule has 1 saturated heterocycles. The van der Waals surface area contributed by atoms with Crippen LogP contribution >= 0.6 is 24.0 Å². The van der Waals surface area contributed by atoms with E-state index in [4.69, 9.17) is 4.74 Å². The normalized spacial score (nSPS) is 17.4. The largest absolute Gasteiger partial charge is 0.444 e. The fraction of sp³-hybridized carbons (Fsp3) is 0.824. The monoisotopic (exact) mass is 483 g/mol. The molecule has 0 aromatic heterocycles. The van der Waals surface area contributed by atoms with Crippen molar-refractivity contribution in [2.75, 3.05) is 40.3 Å². The van der Waals surface area contributed by atoms with Gasteiger partial charge >= 0.3 is 6.09 Å². The van der Waals surface area contributed by atoms with Crippen LogP contribution in [0.4, 0.5) is 4.79 Å². The highest BCUT2D eigenvalue weighted by molar-refractivity contribution is 14.0. The first kappa shape index (κ1) is 24.7. The van der Waals surface area contributed by atoms with Crippen molar-refractivity contribution in [3.05, 3.63) is 0 Å². The number of rotatable bonds is 5. The molecule has 0 bridgehead atoms. The quantitative estimate of drug-likeness (QED) is 0.353. The lowest BCUT2D eigenvalue weighted by Crippen LogP contribution is -2.46. The molecule has 1 unspecified atom stereocenters. The summed E-state index contributed by atoms with van der Waals surface area (Å²) < 4.78 is 5.41. The predicted octanol–water partition coefficient (Wildman–Crippen LogP) is 1.65. The predicted molar refractivity (Wildman–Crippen MR) is 114 cm³/mol. The number of ether oxygens (including phenoxy) is 1. The van der Waals surface area contributed by atoms with Crippen LogP contribution in [-0.4, -0.2) is 79.7 Å². The van der Waals surface area contributed by atoms with Crippen molar-refractivity contribution < 1.29 is 14.3 Å². The number of amides is 2. The van der Waals surface area contributed by atoms with Crippen LogP contribution in [0.25, 0.3) is 0 Å². The molecule has 0 aromatic carbocycles. The number of hydrogen-bond donors (Lipinski definition) is 2. The van der Waals surface area contributed by atoms with Gasteiger partial charge in [0.05, 0.1) is 0 Å². The summed E-state index contributed by atoms with van der Waals surface area (Å²) in [5.41, 5.74) is -0.496. The minimum Gasteiger partial charge on any atom is -0.444 e. The van der Waals surface area contributed by atoms with E-state index in [9.17, 15) is 9.59 Å². The molecule has 8 nitrogen and oxygen atoms in total. The molecule has 1 rings (SSSR count). The van der Waals surface area contributed by atoms with E-state index in [1.165, 1.54) is 4.90 Å². The topological polar surface area (TPSA) is 86.3 Å². The number of halogens is 1. The highest BCUT2D eigenvalue weighted by atomic mass is 127. The summed E-state index contributed by atoms with van der Waals surface area (Å²) in [5, 5.41) is 6.52. The standard InChI is InChI=1S/C17H33N5O3.HI/c1-7-9-18-15(19-11-14(23)21(5)6)20-13-8-10-22(12-13)16(24)25-17(2,3)4;/h13H,7-12H2,1-6H3,(H2,18,19,20);1H. The number of nitrogens with zero attached hydrogens (tertiary/aromatic N) is 3. The number of carbonyl (C=O) groups is 2. The molecular weight excluding hydrogens is 449 g/mol. The molecule has 1 aliphatic rings. The SMILES string of the molecule is CCCNC(=NCC(=O)N(C)C)NC1CCN(C(=O)OC(C)(C)C)C1.I. The number of nitrogens with one attached hydrogen (secondary N) is 2. The second-order valence-electron chi connectivity index (χ2n) is 7.44. The van der Waals surface area contributed by atoms with Gasteiger partial charge in [0.2, 0.25) is 5.91 Å². The van der Waals surface area contributed by atoms with Gasteiger partial charge in [-0.05, 0) is 33.6 Å². The van der Waals surface area contributed by atoms with Gasteiger partial charge in [0.25, 0.3) is 0 Å². The fourth-order valence-corrected chi connectivity index (χ4v) is 2.25. The first-order valence-electron chi connectivity index (χ1n) is 8.85. The molecule has 1 atom stereocenters. The number of likely N-dealkylation sites (N-methyl/N-ethyl adjacent to an activating group) is 1. The molecule has 2 N–H and O–H groups in total. The summed E-state index contributed by atoms with van der Waals surface area (Å²) in [5.74, 6) is 0.549. The summed E-state index contributed by atoms with van der Waals surface area (Å²) in [7, 11) is 3.42. The van der Waals surface area contributed by atoms with Crippen molar-refractivity contribution in [3.63, 3.8) is 0 Å². The van der Waals surface area contributed by atoms with Crippen LogP contribution in [0.5, 0.6) is 0 Å². The van der Waals surface area contributed by atoms with Crippen molar-refractivity contribution in [2.24, 2.45) is 4.99 Å². The Morgan fingerprint density at radius 3 is 2.50 bits per heavy atom. The molecule has 0 spiro atoms. The van der Waals surface area contributed by atoms with Crippen LogP contribution in [0.2, 0.25) is 0 Å². The van der Waals surface area contributed by atoms with Gasteiger partial charge in [0, 0.05) is 39.8 Å². The molecule has 1 heterocycles. The molecule has 9 heteroatoms. The van der Waals surface area contributed by atoms with Crippen LogP contribution < -0.4 is 10.6 Å². The van der Waals surface area contributed by atoms with Crippen molar-refractivity contribution in [2.45, 2.75) is 52.2 Å². The zero-order valence-electron chi connectivity index (χ0n) is 16.8. The fourth-order valence-electron chi connectivity index (χ4n) is 2.25. The van der Waals surface area contributed by atoms with E-state index in [-0.39, 0.29) is 48.6 Å². The van der Waals surface area contributed by atoms with Gasteiger partial charge < -0.3 is 25.2 Å². The van der Waals surface area contributed by atoms with Gasteiger partial charge in [-0.25, -0.2) is 9.79 Å². The average molecular weight is 483 g/mol. The molecule has 2 amide bonds. The highest BCUT2D eigenvalue weighted by Crippen LogP contribution is 2.15. The molecule has 152 valence electrons. The summed E-state index contributed by atoms with van der Waals surface area (Å²) >= 11 is 0. The van der Waals surface area contributed by atoms with Gasteiger partial charge in [-0.3, -0.25) is 4.79 Å². The van der Waals surface area contributed by atoms with E-state index in [1.807, 2.05) is 20.8 Å². The second-order valence-corrected chi connectivity index (χ2v) is 7.44. The third-order valence-electron chi connectivity index (χ3n) is 3.59. The van der Waals surface area contributed by atoms with Gasteiger partial charge in [-0.15, -0.1) is 24.0 Å². The van der Waals surface area contributed by atoms with Crippen LogP contribution in [-0.2, 0) is 9.53 Å². The Kier molecular flexibility index (Phi) is 10.9. The molecule has 1 fully saturated rings. The van der Waals surface area contributed by atoms with E-state index < -0.39 is 5.60 Å². The number of likely N-dealkylation sites (tertiary alicyclic amines) is 1. The van der Waals surface area contributed by atoms with Crippen LogP contribution in [0.15, 0.2) is 4.99 Å². The third kappa shape index (κ3) is 9.44. The average Bonchev–Trinajstić information content (AvgIpc) is 2.96. The van der Waals surface area contributed by atoms with Crippen molar-refractivity contribution in [1.29, 1.82) is 0 Å². The number of aliphatic imine (C=N–C) groups is 1. The molecule has 0 aliphatic carbocycles. The maximum atomic E-state index is 12.1. The van der Waals surface area contributed by atoms with Crippen molar-refractivity contribution in [3.8, 4) is 0 Å². The van der Waals surface area contributed by atoms with E-state index in [1.54, 1.807) is 19.0 Å². The smallest absolute Gasteiger partial charge is 0.410 e. The lowest BCUT2D eigenvalue weighted by molar-refractivity contribution is -0.127. The third-order valence-corrected chi connectivity index (χ3v) is 3.59. The lowest BCUT2D eigenvalue weighted by atomic mass is 10.2. The Hall–Kier alpha value is -1.26. The Bertz CT molecular complexity index is 491. The highest BCUT2D eigenvalue weighted by Gasteiger charge is 2.30. The molecule has 0 saturated carbocycles. The summed E-state index contributed by atoms with van der Waals surface area (Å²) in [6, 6.07) is 0.0880. The first-order chi connectivity index (χ1) is 11.6. The van der Waals surface area contributed by atoms with Gasteiger partial charge in [-0.2, -0.15) is 0 Å². The van der Waals surface area contributed by atoms with E-state index in [0.717, 1.165) is 19.4 Å². The van der Waals surface area contributed by atoms with Crippen molar-refractivity contribution in [1.82, 2.24) is 20.4 Å². The minimum atomic E-state index is -0.496. The summed E-state index contributed by atoms with van der Waals surface area (Å²) in [6.45, 7) is 9.70. The Labute approximate surface area is 174 Å². The summed E-state index contributed by atoms with van der Waals surface area (Å²) in [4.78, 5) is 31.4. The summed E-state index contributed by atoms with van der Waals surface area (Å²) in [6.07, 6.45) is 1.48. The second kappa shape index (κ2) is 11.5. The Balaban J connectivity index is 0.00000625. The van der Waals surface area contributed by atoms with Gasteiger partial charge in [-0.1, -0.05) is 6.92 Å². The van der Waals surface area contributed by atoms with E-state index >= 15 is 0 Å². The molecule has 1 aliphatic heterocycles. The minimum absolute atomic E-state index is 0. The number of carbonyl (C=O) groups excluding carboxylic acids is 2. The van der Waals surface area contributed by atoms with Crippen LogP contribution in [0.1, 0.15) is 40.5 Å². The van der Waals surface area contributed by atoms with Gasteiger partial charge in [0.15, 0.2) is 5.96 Å². The zero-order chi connectivity index (χ0) is 19.0. The lowest BCUT2D eigenvalue weighted by Gasteiger charge is -2.24. The Morgan fingerprint density at radius 1 is 1.31 bits per heavy atom. The zero-order valence-corrected chi connectivity index (χ0v) is 19.1. The first-order valence-corrected chi connectivity index (χ1v) is 8.85. The van der Waals surface area contributed by atoms with Crippen LogP contribution in [0.3, 0.4) is 0 Å². The number of guanidine groups is 1. The molecule has 0 aromatic rings. The maximum absolute atomic E-state index is 12.1. The molecular formula is C17H34IN5O3. The Morgan fingerprint density at radius 2 is 1.96 bits per heavy atom. The van der Waals surface area contributed by atoms with Crippen LogP contribution in [0, 0.1) is 0 Å². The van der Waals surface area contributed by atoms with Gasteiger partial charge in [0.1, 0.15) is 12.1 Å². The van der Waals surface area contributed by atoms with E-state index in [0.29, 0.717) is 19.0 Å². The number of hydrogen-bond acceptors (Lipinski definition) is 4. The van der Waals surface area contributed by atoms with E-state index in [2.05, 4.69) is 22.5 Å². The van der Waals surface area contributed by atoms with Crippen molar-refractivity contribution >= 4 is 41.9 Å². The maximum Gasteiger partial charge on any atom is 0.410 e.